The van der Waals surface area contributed by atoms with Crippen LogP contribution < -0.4 is 9.46 Å². The van der Waals surface area contributed by atoms with Crippen molar-refractivity contribution in [1.29, 1.82) is 0 Å². The van der Waals surface area contributed by atoms with Crippen LogP contribution in [0.2, 0.25) is 0 Å². The van der Waals surface area contributed by atoms with Gasteiger partial charge in [-0.2, -0.15) is 0 Å². The summed E-state index contributed by atoms with van der Waals surface area (Å²) in [5.41, 5.74) is 2.53. The van der Waals surface area contributed by atoms with Crippen molar-refractivity contribution in [2.45, 2.75) is 40.5 Å². The predicted octanol–water partition coefficient (Wildman–Crippen LogP) is 3.52. The van der Waals surface area contributed by atoms with Gasteiger partial charge in [-0.15, -0.1) is 0 Å². The van der Waals surface area contributed by atoms with Gasteiger partial charge in [-0.3, -0.25) is 0 Å². The second-order valence-electron chi connectivity index (χ2n) is 7.76. The van der Waals surface area contributed by atoms with E-state index in [4.69, 9.17) is 4.74 Å². The highest BCUT2D eigenvalue weighted by Gasteiger charge is 2.35. The van der Waals surface area contributed by atoms with Gasteiger partial charge >= 0.3 is 0 Å². The van der Waals surface area contributed by atoms with Crippen molar-refractivity contribution in [2.75, 3.05) is 0 Å². The maximum absolute atomic E-state index is 13.7. The van der Waals surface area contributed by atoms with Gasteiger partial charge in [0.2, 0.25) is 19.9 Å². The zero-order chi connectivity index (χ0) is 22.0. The van der Waals surface area contributed by atoms with Gasteiger partial charge in [0.25, 0.3) is 0 Å². The van der Waals surface area contributed by atoms with Crippen LogP contribution in [0.5, 0.6) is 11.5 Å². The molecule has 0 spiro atoms. The minimum Gasteiger partial charge on any atom is -0.455 e. The molecule has 1 aliphatic carbocycles. The van der Waals surface area contributed by atoms with Gasteiger partial charge in [0.05, 0.1) is 4.90 Å². The summed E-state index contributed by atoms with van der Waals surface area (Å²) in [5.74, 6) is -0.702. The van der Waals surface area contributed by atoms with Gasteiger partial charge in [0, 0.05) is 6.04 Å². The summed E-state index contributed by atoms with van der Waals surface area (Å²) in [5, 5.41) is 0. The number of halogens is 1. The van der Waals surface area contributed by atoms with Crippen molar-refractivity contribution in [1.82, 2.24) is 4.72 Å². The first kappa shape index (κ1) is 20.2. The molecule has 0 fully saturated rings. The Labute approximate surface area is 179 Å². The largest absolute Gasteiger partial charge is 0.455 e. The van der Waals surface area contributed by atoms with Gasteiger partial charge in [-0.05, 0) is 66.8 Å². The molecule has 2 aliphatic rings. The number of benzene rings is 3. The van der Waals surface area contributed by atoms with E-state index in [1.807, 2.05) is 24.3 Å². The maximum Gasteiger partial charge on any atom is 0.241 e. The molecule has 31 heavy (non-hydrogen) atoms. The number of hydrogen-bond donors (Lipinski definition) is 1. The molecule has 6 nitrogen and oxygen atoms in total. The lowest BCUT2D eigenvalue weighted by Crippen LogP contribution is -2.35. The van der Waals surface area contributed by atoms with Gasteiger partial charge < -0.3 is 4.74 Å². The fraction of sp³-hybridized carbons (Fsp3) is 0.182. The molecule has 0 amide bonds. The van der Waals surface area contributed by atoms with Crippen molar-refractivity contribution in [3.8, 4) is 11.5 Å². The summed E-state index contributed by atoms with van der Waals surface area (Å²) in [4.78, 5) is -0.771. The SMILES string of the molecule is Cc1cc2c(cc1S(=O)(=O)NC1Cc3ccccc3C1)S(=O)(=O)c1cc(F)ccc1O2. The van der Waals surface area contributed by atoms with E-state index in [0.717, 1.165) is 29.3 Å². The summed E-state index contributed by atoms with van der Waals surface area (Å²) >= 11 is 0. The Balaban J connectivity index is 1.53. The first-order valence-electron chi connectivity index (χ1n) is 9.61. The van der Waals surface area contributed by atoms with Crippen LogP contribution in [0.4, 0.5) is 4.39 Å². The van der Waals surface area contributed by atoms with Crippen molar-refractivity contribution in [2.24, 2.45) is 0 Å². The van der Waals surface area contributed by atoms with E-state index in [1.54, 1.807) is 6.92 Å². The molecule has 1 N–H and O–H groups in total. The average Bonchev–Trinajstić information content (AvgIpc) is 3.09. The first-order valence-corrected chi connectivity index (χ1v) is 12.6. The second-order valence-corrected chi connectivity index (χ2v) is 11.3. The molecule has 0 saturated carbocycles. The third-order valence-corrected chi connectivity index (χ3v) is 9.07. The number of hydrogen-bond acceptors (Lipinski definition) is 5. The van der Waals surface area contributed by atoms with Crippen LogP contribution >= 0.6 is 0 Å². The van der Waals surface area contributed by atoms with E-state index >= 15 is 0 Å². The van der Waals surface area contributed by atoms with Crippen LogP contribution in [-0.2, 0) is 32.7 Å². The summed E-state index contributed by atoms with van der Waals surface area (Å²) in [6.07, 6.45) is 1.13. The number of aryl methyl sites for hydroxylation is 1. The lowest BCUT2D eigenvalue weighted by molar-refractivity contribution is 0.438. The van der Waals surface area contributed by atoms with E-state index in [0.29, 0.717) is 18.4 Å². The highest BCUT2D eigenvalue weighted by Crippen LogP contribution is 2.44. The molecule has 1 heterocycles. The normalized spacial score (nSPS) is 16.8. The van der Waals surface area contributed by atoms with Gasteiger partial charge in [-0.25, -0.2) is 25.9 Å². The van der Waals surface area contributed by atoms with Crippen LogP contribution in [0.15, 0.2) is 69.3 Å². The molecular weight excluding hydrogens is 441 g/mol. The van der Waals surface area contributed by atoms with Gasteiger partial charge in [0.15, 0.2) is 0 Å². The number of sulfone groups is 1. The minimum absolute atomic E-state index is 0.00533. The van der Waals surface area contributed by atoms with Crippen molar-refractivity contribution < 1.29 is 26.0 Å². The second kappa shape index (κ2) is 6.88. The molecule has 9 heteroatoms. The quantitative estimate of drug-likeness (QED) is 0.506. The molecule has 0 atom stereocenters. The molecule has 0 radical (unpaired) electrons. The van der Waals surface area contributed by atoms with E-state index in [-0.39, 0.29) is 32.2 Å². The van der Waals surface area contributed by atoms with Crippen LogP contribution in [0.25, 0.3) is 0 Å². The number of sulfonamides is 1. The Hall–Kier alpha value is -2.75. The summed E-state index contributed by atoms with van der Waals surface area (Å²) in [7, 11) is -8.16. The topological polar surface area (TPSA) is 89.5 Å². The fourth-order valence-corrected chi connectivity index (χ4v) is 7.24. The number of ether oxygens (including phenoxy) is 1. The molecular formula is C22H18FNO5S2. The van der Waals surface area contributed by atoms with Crippen LogP contribution in [0.1, 0.15) is 16.7 Å². The van der Waals surface area contributed by atoms with Crippen LogP contribution in [0.3, 0.4) is 0 Å². The molecule has 0 unspecified atom stereocenters. The minimum atomic E-state index is -4.15. The molecule has 3 aromatic rings. The third kappa shape index (κ3) is 3.33. The molecule has 0 aromatic heterocycles. The molecule has 160 valence electrons. The molecule has 0 saturated heterocycles. The number of nitrogens with one attached hydrogen (secondary N) is 1. The van der Waals surface area contributed by atoms with Crippen molar-refractivity contribution in [3.05, 3.63) is 77.1 Å². The lowest BCUT2D eigenvalue weighted by atomic mass is 10.1. The van der Waals surface area contributed by atoms with Crippen LogP contribution in [0, 0.1) is 12.7 Å². The average molecular weight is 460 g/mol. The Morgan fingerprint density at radius 2 is 1.61 bits per heavy atom. The Morgan fingerprint density at radius 1 is 0.968 bits per heavy atom. The molecule has 0 bridgehead atoms. The molecule has 3 aromatic carbocycles. The summed E-state index contributed by atoms with van der Waals surface area (Å²) in [6, 6.07) is 13.1. The first-order chi connectivity index (χ1) is 14.6. The fourth-order valence-electron chi connectivity index (χ4n) is 4.16. The Kier molecular flexibility index (Phi) is 4.47. The van der Waals surface area contributed by atoms with Gasteiger partial charge in [-0.1, -0.05) is 24.3 Å². The Morgan fingerprint density at radius 3 is 2.29 bits per heavy atom. The van der Waals surface area contributed by atoms with Gasteiger partial charge in [0.1, 0.15) is 27.1 Å². The molecule has 1 aliphatic heterocycles. The third-order valence-electron chi connectivity index (χ3n) is 5.61. The van der Waals surface area contributed by atoms with E-state index in [9.17, 15) is 21.2 Å². The van der Waals surface area contributed by atoms with Crippen molar-refractivity contribution >= 4 is 19.9 Å². The highest BCUT2D eigenvalue weighted by molar-refractivity contribution is 7.92. The molecule has 5 rings (SSSR count). The van der Waals surface area contributed by atoms with Crippen molar-refractivity contribution in [3.63, 3.8) is 0 Å². The van der Waals surface area contributed by atoms with E-state index in [1.165, 1.54) is 12.1 Å². The number of rotatable bonds is 3. The standard InChI is InChI=1S/C22H18FNO5S2/c1-13-8-19-22(30(25,26)21-11-16(23)6-7-18(21)29-19)12-20(13)31(27,28)24-17-9-14-4-2-3-5-15(14)10-17/h2-8,11-12,17,24H,9-10H2,1H3. The zero-order valence-corrected chi connectivity index (χ0v) is 18.1. The maximum atomic E-state index is 13.7. The van der Waals surface area contributed by atoms with Crippen LogP contribution in [-0.4, -0.2) is 22.9 Å². The highest BCUT2D eigenvalue weighted by atomic mass is 32.2. The monoisotopic (exact) mass is 459 g/mol. The predicted molar refractivity (Wildman–Crippen MR) is 111 cm³/mol. The number of fused-ring (bicyclic) bond motifs is 3. The van der Waals surface area contributed by atoms with E-state index < -0.39 is 25.7 Å². The Bertz CT molecular complexity index is 1420. The van der Waals surface area contributed by atoms with E-state index in [2.05, 4.69) is 4.72 Å². The summed E-state index contributed by atoms with van der Waals surface area (Å²) in [6.45, 7) is 1.58. The lowest BCUT2D eigenvalue weighted by Gasteiger charge is -2.22. The summed E-state index contributed by atoms with van der Waals surface area (Å²) < 4.78 is 74.4. The zero-order valence-electron chi connectivity index (χ0n) is 16.4. The smallest absolute Gasteiger partial charge is 0.241 e.